The van der Waals surface area contributed by atoms with Crippen LogP contribution in [0.2, 0.25) is 0 Å². The first-order valence-corrected chi connectivity index (χ1v) is 6.74. The Balaban J connectivity index is 1.57. The summed E-state index contributed by atoms with van der Waals surface area (Å²) in [5, 5.41) is 11.0. The van der Waals surface area contributed by atoms with E-state index in [1.165, 1.54) is 16.7 Å². The molecule has 2 N–H and O–H groups in total. The van der Waals surface area contributed by atoms with Gasteiger partial charge in [-0.05, 0) is 22.8 Å². The quantitative estimate of drug-likeness (QED) is 0.760. The van der Waals surface area contributed by atoms with Crippen molar-refractivity contribution in [3.8, 4) is 0 Å². The molecule has 0 saturated carbocycles. The molecule has 3 aromatic rings. The molecule has 1 aromatic carbocycles. The topological polar surface area (TPSA) is 54.2 Å². The molecule has 0 unspecified atom stereocenters. The Hall–Kier alpha value is -2.40. The third kappa shape index (κ3) is 1.92. The summed E-state index contributed by atoms with van der Waals surface area (Å²) < 4.78 is 1.82. The minimum absolute atomic E-state index is 0.769. The van der Waals surface area contributed by atoms with Gasteiger partial charge in [0.25, 0.3) is 0 Å². The predicted octanol–water partition coefficient (Wildman–Crippen LogP) is 1.94. The number of rotatable bonds is 3. The van der Waals surface area contributed by atoms with Gasteiger partial charge in [-0.25, -0.2) is 9.50 Å². The molecule has 2 aromatic heterocycles. The number of hydrogen-bond acceptors (Lipinski definition) is 4. The molecule has 20 heavy (non-hydrogen) atoms. The fourth-order valence-electron chi connectivity index (χ4n) is 2.64. The zero-order valence-corrected chi connectivity index (χ0v) is 11.0. The molecule has 3 heterocycles. The fourth-order valence-corrected chi connectivity index (χ4v) is 2.64. The van der Waals surface area contributed by atoms with Crippen molar-refractivity contribution in [1.29, 1.82) is 0 Å². The van der Waals surface area contributed by atoms with E-state index in [9.17, 15) is 0 Å². The molecule has 4 rings (SSSR count). The lowest BCUT2D eigenvalue weighted by molar-refractivity contribution is 0.764. The van der Waals surface area contributed by atoms with Gasteiger partial charge in [0, 0.05) is 32.0 Å². The van der Waals surface area contributed by atoms with Gasteiger partial charge in [0.15, 0.2) is 5.82 Å². The highest BCUT2D eigenvalue weighted by Gasteiger charge is 2.10. The Morgan fingerprint density at radius 1 is 1.15 bits per heavy atom. The first-order valence-electron chi connectivity index (χ1n) is 6.74. The summed E-state index contributed by atoms with van der Waals surface area (Å²) in [4.78, 5) is 4.38. The number of benzene rings is 1. The first kappa shape index (κ1) is 11.4. The highest BCUT2D eigenvalue weighted by molar-refractivity contribution is 5.66. The van der Waals surface area contributed by atoms with Gasteiger partial charge in [0.1, 0.15) is 5.52 Å². The summed E-state index contributed by atoms with van der Waals surface area (Å²) in [6.07, 6.45) is 5.39. The lowest BCUT2D eigenvalue weighted by atomic mass is 10.1. The van der Waals surface area contributed by atoms with Crippen LogP contribution in [-0.2, 0) is 19.6 Å². The van der Waals surface area contributed by atoms with Gasteiger partial charge in [0.05, 0.1) is 6.20 Å². The first-order chi connectivity index (χ1) is 9.90. The molecule has 0 saturated heterocycles. The van der Waals surface area contributed by atoms with Gasteiger partial charge in [-0.1, -0.05) is 18.2 Å². The van der Waals surface area contributed by atoms with E-state index in [-0.39, 0.29) is 0 Å². The van der Waals surface area contributed by atoms with E-state index < -0.39 is 0 Å². The number of anilines is 1. The Labute approximate surface area is 116 Å². The van der Waals surface area contributed by atoms with E-state index in [1.807, 2.05) is 16.8 Å². The van der Waals surface area contributed by atoms with Crippen LogP contribution in [0.15, 0.2) is 42.9 Å². The lowest BCUT2D eigenvalue weighted by Crippen LogP contribution is -2.04. The Kier molecular flexibility index (Phi) is 2.63. The van der Waals surface area contributed by atoms with Crippen LogP contribution >= 0.6 is 0 Å². The number of hydrogen-bond donors (Lipinski definition) is 2. The van der Waals surface area contributed by atoms with Crippen LogP contribution < -0.4 is 10.6 Å². The Morgan fingerprint density at radius 3 is 3.10 bits per heavy atom. The average Bonchev–Trinajstić information content (AvgIpc) is 3.13. The van der Waals surface area contributed by atoms with Gasteiger partial charge in [-0.15, -0.1) is 0 Å². The molecule has 1 aliphatic rings. The van der Waals surface area contributed by atoms with E-state index in [0.29, 0.717) is 0 Å². The monoisotopic (exact) mass is 265 g/mol. The standard InChI is InChI=1S/C15H15N5/c1-2-12-9-16-10-13(12)7-11(1)8-18-15-14-3-4-19-20(14)6-5-17-15/h1-7,16H,8-10H2,(H,17,18). The summed E-state index contributed by atoms with van der Waals surface area (Å²) in [6.45, 7) is 2.73. The van der Waals surface area contributed by atoms with Crippen LogP contribution in [0, 0.1) is 0 Å². The summed E-state index contributed by atoms with van der Waals surface area (Å²) in [6, 6.07) is 8.61. The Morgan fingerprint density at radius 2 is 2.10 bits per heavy atom. The summed E-state index contributed by atoms with van der Waals surface area (Å²) >= 11 is 0. The molecular weight excluding hydrogens is 250 g/mol. The van der Waals surface area contributed by atoms with Gasteiger partial charge < -0.3 is 10.6 Å². The van der Waals surface area contributed by atoms with Crippen LogP contribution in [0.1, 0.15) is 16.7 Å². The minimum atomic E-state index is 0.769. The molecule has 0 aliphatic carbocycles. The summed E-state index contributed by atoms with van der Waals surface area (Å²) in [5.74, 6) is 0.864. The SMILES string of the molecule is c1cn2nccc2c(NCc2ccc3c(c2)CNC3)n1. The van der Waals surface area contributed by atoms with Crippen molar-refractivity contribution in [2.45, 2.75) is 19.6 Å². The normalized spacial score (nSPS) is 13.6. The van der Waals surface area contributed by atoms with Gasteiger partial charge in [-0.3, -0.25) is 0 Å². The van der Waals surface area contributed by atoms with E-state index in [1.54, 1.807) is 12.4 Å². The molecule has 0 atom stereocenters. The number of nitrogens with one attached hydrogen (secondary N) is 2. The van der Waals surface area contributed by atoms with Crippen LogP contribution in [0.25, 0.3) is 5.52 Å². The molecule has 0 bridgehead atoms. The largest absolute Gasteiger partial charge is 0.364 e. The zero-order valence-electron chi connectivity index (χ0n) is 11.0. The van der Waals surface area contributed by atoms with Crippen molar-refractivity contribution in [2.24, 2.45) is 0 Å². The maximum atomic E-state index is 4.38. The van der Waals surface area contributed by atoms with Crippen LogP contribution in [0.3, 0.4) is 0 Å². The minimum Gasteiger partial charge on any atom is -0.364 e. The fraction of sp³-hybridized carbons (Fsp3) is 0.200. The van der Waals surface area contributed by atoms with E-state index in [2.05, 4.69) is 38.9 Å². The van der Waals surface area contributed by atoms with Gasteiger partial charge in [0.2, 0.25) is 0 Å². The molecule has 5 heteroatoms. The zero-order chi connectivity index (χ0) is 13.4. The highest BCUT2D eigenvalue weighted by Crippen LogP contribution is 2.18. The van der Waals surface area contributed by atoms with Crippen LogP contribution in [0.5, 0.6) is 0 Å². The number of nitrogens with zero attached hydrogens (tertiary/aromatic N) is 3. The van der Waals surface area contributed by atoms with E-state index in [0.717, 1.165) is 31.0 Å². The molecule has 5 nitrogen and oxygen atoms in total. The van der Waals surface area contributed by atoms with Crippen molar-refractivity contribution < 1.29 is 0 Å². The van der Waals surface area contributed by atoms with Crippen molar-refractivity contribution in [1.82, 2.24) is 19.9 Å². The van der Waals surface area contributed by atoms with Crippen molar-refractivity contribution >= 4 is 11.3 Å². The average molecular weight is 265 g/mol. The Bertz CT molecular complexity index is 762. The second kappa shape index (κ2) is 4.61. The molecule has 0 spiro atoms. The summed E-state index contributed by atoms with van der Waals surface area (Å²) in [5.41, 5.74) is 5.08. The smallest absolute Gasteiger partial charge is 0.152 e. The second-order valence-corrected chi connectivity index (χ2v) is 5.00. The van der Waals surface area contributed by atoms with Crippen molar-refractivity contribution in [2.75, 3.05) is 5.32 Å². The lowest BCUT2D eigenvalue weighted by Gasteiger charge is -2.08. The molecule has 0 radical (unpaired) electrons. The molecule has 100 valence electrons. The number of fused-ring (bicyclic) bond motifs is 2. The molecular formula is C15H15N5. The van der Waals surface area contributed by atoms with Gasteiger partial charge in [-0.2, -0.15) is 5.10 Å². The van der Waals surface area contributed by atoms with Crippen LogP contribution in [-0.4, -0.2) is 14.6 Å². The molecule has 1 aliphatic heterocycles. The summed E-state index contributed by atoms with van der Waals surface area (Å²) in [7, 11) is 0. The van der Waals surface area contributed by atoms with E-state index in [4.69, 9.17) is 0 Å². The maximum Gasteiger partial charge on any atom is 0.152 e. The van der Waals surface area contributed by atoms with Gasteiger partial charge >= 0.3 is 0 Å². The maximum absolute atomic E-state index is 4.38. The van der Waals surface area contributed by atoms with Crippen LogP contribution in [0.4, 0.5) is 5.82 Å². The highest BCUT2D eigenvalue weighted by atomic mass is 15.2. The predicted molar refractivity (Wildman–Crippen MR) is 77.3 cm³/mol. The molecule has 0 fully saturated rings. The molecule has 0 amide bonds. The third-order valence-electron chi connectivity index (χ3n) is 3.69. The second-order valence-electron chi connectivity index (χ2n) is 5.00. The number of aromatic nitrogens is 3. The van der Waals surface area contributed by atoms with Crippen molar-refractivity contribution in [3.63, 3.8) is 0 Å². The van der Waals surface area contributed by atoms with Crippen molar-refractivity contribution in [3.05, 3.63) is 59.5 Å². The van der Waals surface area contributed by atoms with E-state index >= 15 is 0 Å². The third-order valence-corrected chi connectivity index (χ3v) is 3.69.